The fourth-order valence-corrected chi connectivity index (χ4v) is 21.9. The molecule has 2 unspecified atom stereocenters. The van der Waals surface area contributed by atoms with Gasteiger partial charge in [-0.1, -0.05) is 155 Å². The average Bonchev–Trinajstić information content (AvgIpc) is 3.78. The molecule has 8 aliphatic carbocycles. The van der Waals surface area contributed by atoms with Gasteiger partial charge in [-0.15, -0.1) is 24.7 Å². The number of fused-ring (bicyclic) bond motifs is 10. The zero-order valence-electron chi connectivity index (χ0n) is 42.8. The van der Waals surface area contributed by atoms with E-state index in [0.29, 0.717) is 37.6 Å². The molecular weight excluding hydrogens is 813 g/mol. The molecule has 0 heterocycles. The van der Waals surface area contributed by atoms with Gasteiger partial charge in [-0.2, -0.15) is 0 Å². The third-order valence-electron chi connectivity index (χ3n) is 22.4. The van der Waals surface area contributed by atoms with E-state index in [-0.39, 0.29) is 10.8 Å². The summed E-state index contributed by atoms with van der Waals surface area (Å²) in [6.07, 6.45) is 46.0. The van der Waals surface area contributed by atoms with Crippen molar-refractivity contribution in [1.29, 1.82) is 0 Å². The summed E-state index contributed by atoms with van der Waals surface area (Å²) in [5.41, 5.74) is 4.66. The molecule has 6 saturated carbocycles. The van der Waals surface area contributed by atoms with Gasteiger partial charge in [0.25, 0.3) is 0 Å². The van der Waals surface area contributed by atoms with Gasteiger partial charge in [-0.3, -0.25) is 4.79 Å². The van der Waals surface area contributed by atoms with Crippen LogP contribution in [-0.2, 0) is 0 Å². The van der Waals surface area contributed by atoms with E-state index in [4.69, 9.17) is 12.8 Å². The molecule has 356 valence electrons. The van der Waals surface area contributed by atoms with Crippen LogP contribution in [0, 0.1) is 129 Å². The summed E-state index contributed by atoms with van der Waals surface area (Å²) in [6.45, 7) is 25.4. The molecule has 0 radical (unpaired) electrons. The molecule has 8 aliphatic rings. The third-order valence-corrected chi connectivity index (χ3v) is 24.8. The second-order valence-electron chi connectivity index (χ2n) is 26.1. The zero-order valence-corrected chi connectivity index (χ0v) is 44.5. The van der Waals surface area contributed by atoms with Crippen LogP contribution in [0.5, 0.6) is 0 Å². The summed E-state index contributed by atoms with van der Waals surface area (Å²) in [4.78, 5) is 14.3. The van der Waals surface area contributed by atoms with Crippen LogP contribution in [0.2, 0.25) is 0 Å². The maximum atomic E-state index is 14.3. The van der Waals surface area contributed by atoms with Crippen molar-refractivity contribution >= 4 is 28.0 Å². The Hall–Kier alpha value is -1.03. The molecule has 8 rings (SSSR count). The van der Waals surface area contributed by atoms with Crippen LogP contribution in [0.3, 0.4) is 0 Å². The second kappa shape index (κ2) is 19.8. The van der Waals surface area contributed by atoms with Crippen LogP contribution in [0.25, 0.3) is 0 Å². The van der Waals surface area contributed by atoms with Crippen molar-refractivity contribution in [1.82, 2.24) is 0 Å². The maximum Gasteiger partial charge on any atom is 0.246 e. The topological polar surface area (TPSA) is 17.1 Å². The minimum atomic E-state index is 0.175. The first-order chi connectivity index (χ1) is 30.5. The molecule has 0 aromatic heterocycles. The van der Waals surface area contributed by atoms with Crippen molar-refractivity contribution in [2.45, 2.75) is 221 Å². The van der Waals surface area contributed by atoms with Crippen molar-refractivity contribution in [3.63, 3.8) is 0 Å². The highest BCUT2D eigenvalue weighted by molar-refractivity contribution is 8.39. The highest BCUT2D eigenvalue weighted by Gasteiger charge is 2.63. The van der Waals surface area contributed by atoms with E-state index in [2.05, 4.69) is 93.2 Å². The summed E-state index contributed by atoms with van der Waals surface area (Å²) >= 11 is 3.38. The van der Waals surface area contributed by atoms with E-state index in [1.807, 2.05) is 0 Å². The predicted molar refractivity (Wildman–Crippen MR) is 279 cm³/mol. The molecule has 1 nitrogen and oxygen atoms in total. The predicted octanol–water partition coefficient (Wildman–Crippen LogP) is 17.9. The lowest BCUT2D eigenvalue weighted by Crippen LogP contribution is -2.53. The highest BCUT2D eigenvalue weighted by atomic mass is 32.2. The number of thioether (sulfide) groups is 2. The van der Waals surface area contributed by atoms with Crippen molar-refractivity contribution in [2.75, 3.05) is 0 Å². The molecule has 0 spiro atoms. The van der Waals surface area contributed by atoms with Gasteiger partial charge in [0.05, 0.1) is 0 Å². The summed E-state index contributed by atoms with van der Waals surface area (Å²) in [7, 11) is 0. The molecule has 0 bridgehead atoms. The van der Waals surface area contributed by atoms with Crippen LogP contribution in [-0.4, -0.2) is 14.9 Å². The van der Waals surface area contributed by atoms with Crippen molar-refractivity contribution in [3.8, 4) is 24.7 Å². The van der Waals surface area contributed by atoms with E-state index in [9.17, 15) is 4.79 Å². The van der Waals surface area contributed by atoms with Gasteiger partial charge in [0.1, 0.15) is 0 Å². The van der Waals surface area contributed by atoms with Crippen LogP contribution < -0.4 is 0 Å². The van der Waals surface area contributed by atoms with Crippen LogP contribution >= 0.6 is 23.5 Å². The number of hydrogen-bond acceptors (Lipinski definition) is 3. The van der Waals surface area contributed by atoms with Gasteiger partial charge < -0.3 is 0 Å². The molecule has 3 heteroatoms. The van der Waals surface area contributed by atoms with Gasteiger partial charge in [0, 0.05) is 23.3 Å². The molecule has 64 heavy (non-hydrogen) atoms. The lowest BCUT2D eigenvalue weighted by molar-refractivity contribution is -0.0663. The Morgan fingerprint density at radius 1 is 0.609 bits per heavy atom. The molecule has 0 amide bonds. The van der Waals surface area contributed by atoms with Gasteiger partial charge in [0.15, 0.2) is 0 Å². The number of allylic oxidation sites excluding steroid dienone is 4. The Morgan fingerprint density at radius 3 is 1.39 bits per heavy atom. The van der Waals surface area contributed by atoms with Crippen LogP contribution in [0.15, 0.2) is 23.3 Å². The van der Waals surface area contributed by atoms with Crippen molar-refractivity contribution in [2.24, 2.45) is 105 Å². The Labute approximate surface area is 404 Å². The summed E-state index contributed by atoms with van der Waals surface area (Å²) in [5.74, 6) is 17.1. The van der Waals surface area contributed by atoms with E-state index >= 15 is 0 Å². The molecule has 0 N–H and O–H groups in total. The number of terminal acetylenes is 2. The Bertz CT molecular complexity index is 1680. The van der Waals surface area contributed by atoms with E-state index < -0.39 is 0 Å². The first kappa shape index (κ1) is 49.4. The average molecular weight is 908 g/mol. The van der Waals surface area contributed by atoms with Crippen molar-refractivity contribution in [3.05, 3.63) is 23.3 Å². The fourth-order valence-electron chi connectivity index (χ4n) is 19.1. The van der Waals surface area contributed by atoms with Gasteiger partial charge in [-0.05, 0) is 194 Å². The molecule has 6 fully saturated rings. The number of carbonyl (C=O) groups excluding carboxylic acids is 1. The highest BCUT2D eigenvalue weighted by Crippen LogP contribution is 2.71. The molecule has 0 aliphatic heterocycles. The molecular formula is C61H94OS2. The minimum Gasteiger partial charge on any atom is -0.274 e. The Kier molecular flexibility index (Phi) is 15.3. The summed E-state index contributed by atoms with van der Waals surface area (Å²) < 4.78 is 0.352. The largest absolute Gasteiger partial charge is 0.274 e. The van der Waals surface area contributed by atoms with E-state index in [1.54, 1.807) is 34.7 Å². The van der Waals surface area contributed by atoms with E-state index in [1.165, 1.54) is 103 Å². The SMILES string of the molecule is C#CCC1C[C@H](SC(=O)S[C@@H]2CC3=CC[C@H]4[C@@H]5CC[C@H]([C@H](C)CCCC(C)C)[C@@]5(C)CC[C@@H]4[C@@]3(C)C(CC#C)C2)CC2=CC[C@H]3[C@@H]4CC[C@H]([C@H](C)CCCC(C)C)[C@@]4(C)CC[C@@H]3[C@]21C. The van der Waals surface area contributed by atoms with Gasteiger partial charge in [0.2, 0.25) is 4.45 Å². The maximum absolute atomic E-state index is 14.3. The number of rotatable bonds is 14. The standard InChI is InChI=1S/C61H94OS2/c1-13-17-43-35-47(37-45-23-25-49-53-29-27-51(41(7)21-15-19-39(3)4)58(53,9)33-31-55(49)60(43,45)11)63-57(62)64-48-36-44(18-14-2)61(12)46(38-48)24-26-50-54-30-28-52(42(8)22-16-20-40(5)6)59(54,10)34-32-56(50)61/h1-2,23-24,39-44,47-56H,15-22,25-38H2,3-12H3/t41-,42-,43?,44?,47+,48+,49+,50+,51-,52-,53+,54+,55+,56+,58-,59-,60+,61+/m1/s1. The monoisotopic (exact) mass is 907 g/mol. The zero-order chi connectivity index (χ0) is 45.8. The summed E-state index contributed by atoms with van der Waals surface area (Å²) in [5, 5.41) is 0.667. The van der Waals surface area contributed by atoms with Crippen LogP contribution in [0.1, 0.15) is 210 Å². The summed E-state index contributed by atoms with van der Waals surface area (Å²) in [6, 6.07) is 0. The normalized spacial score (nSPS) is 44.5. The Balaban J connectivity index is 0.914. The lowest BCUT2D eigenvalue weighted by atomic mass is 9.44. The van der Waals surface area contributed by atoms with Gasteiger partial charge in [-0.25, -0.2) is 0 Å². The fraction of sp³-hybridized carbons (Fsp3) is 0.852. The molecule has 0 aromatic carbocycles. The van der Waals surface area contributed by atoms with Gasteiger partial charge >= 0.3 is 0 Å². The first-order valence-electron chi connectivity index (χ1n) is 27.6. The third kappa shape index (κ3) is 8.90. The minimum absolute atomic E-state index is 0.175. The quantitative estimate of drug-likeness (QED) is 0.128. The first-order valence-corrected chi connectivity index (χ1v) is 29.4. The number of hydrogen-bond donors (Lipinski definition) is 0. The lowest BCUT2D eigenvalue weighted by Gasteiger charge is -2.61. The molecule has 0 saturated heterocycles. The van der Waals surface area contributed by atoms with Crippen LogP contribution in [0.4, 0.5) is 4.79 Å². The second-order valence-corrected chi connectivity index (χ2v) is 28.9. The number of carbonyl (C=O) groups is 1. The van der Waals surface area contributed by atoms with Crippen molar-refractivity contribution < 1.29 is 4.79 Å². The smallest absolute Gasteiger partial charge is 0.246 e. The van der Waals surface area contributed by atoms with E-state index in [0.717, 1.165) is 110 Å². The Morgan fingerprint density at radius 2 is 1.02 bits per heavy atom. The molecule has 18 atom stereocenters. The molecule has 0 aromatic rings.